The number of carbonyl (C=O) groups excluding carboxylic acids is 1. The van der Waals surface area contributed by atoms with Gasteiger partial charge in [-0.1, -0.05) is 0 Å². The molecule has 0 saturated heterocycles. The highest BCUT2D eigenvalue weighted by atomic mass is 16.5. The summed E-state index contributed by atoms with van der Waals surface area (Å²) in [4.78, 5) is 21.1. The van der Waals surface area contributed by atoms with Gasteiger partial charge in [-0.2, -0.15) is 0 Å². The van der Waals surface area contributed by atoms with Crippen LogP contribution in [0.2, 0.25) is 0 Å². The van der Waals surface area contributed by atoms with Gasteiger partial charge in [0.1, 0.15) is 0 Å². The minimum Gasteiger partial charge on any atom is -0.479 e. The van der Waals surface area contributed by atoms with Crippen molar-refractivity contribution in [2.45, 2.75) is 12.5 Å². The Morgan fingerprint density at radius 3 is 2.60 bits per heavy atom. The number of hydrogen-bond acceptors (Lipinski definition) is 4. The van der Waals surface area contributed by atoms with E-state index in [2.05, 4.69) is 10.6 Å². The van der Waals surface area contributed by atoms with Crippen molar-refractivity contribution in [2.75, 3.05) is 26.8 Å². The lowest BCUT2D eigenvalue weighted by Gasteiger charge is -2.08. The maximum atomic E-state index is 11.0. The number of aliphatic hydroxyl groups is 1. The Morgan fingerprint density at radius 2 is 2.07 bits per heavy atom. The van der Waals surface area contributed by atoms with E-state index >= 15 is 0 Å². The van der Waals surface area contributed by atoms with E-state index < -0.39 is 18.1 Å². The average Bonchev–Trinajstić information content (AvgIpc) is 2.20. The van der Waals surface area contributed by atoms with E-state index in [-0.39, 0.29) is 6.54 Å². The molecule has 4 N–H and O–H groups in total. The molecule has 0 spiro atoms. The van der Waals surface area contributed by atoms with E-state index in [1.165, 1.54) is 0 Å². The number of aliphatic hydroxyl groups excluding tert-OH is 1. The number of amides is 2. The zero-order valence-corrected chi connectivity index (χ0v) is 8.52. The Hall–Kier alpha value is -1.34. The maximum Gasteiger partial charge on any atom is 0.334 e. The first-order chi connectivity index (χ1) is 7.07. The number of ether oxygens (including phenoxy) is 1. The van der Waals surface area contributed by atoms with Gasteiger partial charge in [-0.15, -0.1) is 0 Å². The number of carbonyl (C=O) groups is 2. The van der Waals surface area contributed by atoms with Crippen LogP contribution in [-0.4, -0.2) is 55.1 Å². The number of rotatable bonds is 7. The molecule has 1 atom stereocenters. The number of nitrogens with one attached hydrogen (secondary N) is 2. The highest BCUT2D eigenvalue weighted by molar-refractivity contribution is 5.76. The normalized spacial score (nSPS) is 11.9. The van der Waals surface area contributed by atoms with Crippen molar-refractivity contribution in [3.63, 3.8) is 0 Å². The zero-order chi connectivity index (χ0) is 11.7. The molecular formula is C8H16N2O5. The predicted molar refractivity (Wildman–Crippen MR) is 51.5 cm³/mol. The summed E-state index contributed by atoms with van der Waals surface area (Å²) in [5, 5.41) is 21.8. The lowest BCUT2D eigenvalue weighted by molar-refractivity contribution is -0.146. The van der Waals surface area contributed by atoms with Crippen molar-refractivity contribution in [1.82, 2.24) is 10.6 Å². The molecule has 0 radical (unpaired) electrons. The highest BCUT2D eigenvalue weighted by Crippen LogP contribution is 1.80. The van der Waals surface area contributed by atoms with Crippen LogP contribution in [0.25, 0.3) is 0 Å². The van der Waals surface area contributed by atoms with Crippen LogP contribution >= 0.6 is 0 Å². The fraction of sp³-hybridized carbons (Fsp3) is 0.750. The largest absolute Gasteiger partial charge is 0.479 e. The minimum atomic E-state index is -1.57. The molecule has 0 aliphatic rings. The maximum absolute atomic E-state index is 11.0. The molecule has 0 aromatic carbocycles. The summed E-state index contributed by atoms with van der Waals surface area (Å²) in [7, 11) is 1.56. The molecule has 2 amide bonds. The van der Waals surface area contributed by atoms with Gasteiger partial charge in [0, 0.05) is 20.3 Å². The zero-order valence-electron chi connectivity index (χ0n) is 8.52. The van der Waals surface area contributed by atoms with Crippen LogP contribution in [0.5, 0.6) is 0 Å². The van der Waals surface area contributed by atoms with E-state index in [4.69, 9.17) is 14.9 Å². The second kappa shape index (κ2) is 8.01. The molecule has 0 rings (SSSR count). The summed E-state index contributed by atoms with van der Waals surface area (Å²) in [5.74, 6) is -1.37. The van der Waals surface area contributed by atoms with Crippen molar-refractivity contribution in [1.29, 1.82) is 0 Å². The molecule has 0 fully saturated rings. The van der Waals surface area contributed by atoms with Gasteiger partial charge in [-0.25, -0.2) is 9.59 Å². The molecule has 0 bridgehead atoms. The SMILES string of the molecule is COCCCNC(=O)NC[C@H](O)C(=O)O. The van der Waals surface area contributed by atoms with Gasteiger partial charge in [-0.05, 0) is 6.42 Å². The van der Waals surface area contributed by atoms with Crippen LogP contribution in [0.3, 0.4) is 0 Å². The van der Waals surface area contributed by atoms with Crippen LogP contribution in [-0.2, 0) is 9.53 Å². The Balaban J connectivity index is 3.45. The lowest BCUT2D eigenvalue weighted by Crippen LogP contribution is -2.42. The molecule has 0 aromatic heterocycles. The van der Waals surface area contributed by atoms with Crippen LogP contribution in [0.4, 0.5) is 4.79 Å². The van der Waals surface area contributed by atoms with E-state index in [1.54, 1.807) is 7.11 Å². The number of methoxy groups -OCH3 is 1. The van der Waals surface area contributed by atoms with Gasteiger partial charge >= 0.3 is 12.0 Å². The number of urea groups is 1. The second-order valence-corrected chi connectivity index (χ2v) is 2.84. The summed E-state index contributed by atoms with van der Waals surface area (Å²) in [6.07, 6.45) is -0.902. The molecule has 0 aromatic rings. The average molecular weight is 220 g/mol. The number of aliphatic carboxylic acids is 1. The molecule has 88 valence electrons. The first-order valence-corrected chi connectivity index (χ1v) is 4.49. The van der Waals surface area contributed by atoms with Crippen LogP contribution in [0.15, 0.2) is 0 Å². The van der Waals surface area contributed by atoms with Crippen molar-refractivity contribution < 1.29 is 24.5 Å². The number of carboxylic acids is 1. The summed E-state index contributed by atoms with van der Waals surface area (Å²) < 4.78 is 4.76. The van der Waals surface area contributed by atoms with Crippen LogP contribution in [0.1, 0.15) is 6.42 Å². The predicted octanol–water partition coefficient (Wildman–Crippen LogP) is -1.23. The van der Waals surface area contributed by atoms with Gasteiger partial charge in [0.05, 0.1) is 6.54 Å². The minimum absolute atomic E-state index is 0.314. The molecule has 15 heavy (non-hydrogen) atoms. The standard InChI is InChI=1S/C8H16N2O5/c1-15-4-2-3-9-8(14)10-5-6(11)7(12)13/h6,11H,2-5H2,1H3,(H,12,13)(H2,9,10,14)/t6-/m0/s1. The number of carboxylic acid groups (broad SMARTS) is 1. The second-order valence-electron chi connectivity index (χ2n) is 2.84. The van der Waals surface area contributed by atoms with Gasteiger partial charge in [-0.3, -0.25) is 0 Å². The monoisotopic (exact) mass is 220 g/mol. The Kier molecular flexibility index (Phi) is 7.29. The van der Waals surface area contributed by atoms with E-state index in [1.807, 2.05) is 0 Å². The molecule has 7 heteroatoms. The van der Waals surface area contributed by atoms with Crippen molar-refractivity contribution in [2.24, 2.45) is 0 Å². The fourth-order valence-electron chi connectivity index (χ4n) is 0.758. The lowest BCUT2D eigenvalue weighted by atomic mass is 10.3. The first kappa shape index (κ1) is 13.7. The van der Waals surface area contributed by atoms with Gasteiger partial charge < -0.3 is 25.6 Å². The number of hydrogen-bond donors (Lipinski definition) is 4. The Bertz CT molecular complexity index is 209. The van der Waals surface area contributed by atoms with Gasteiger partial charge in [0.25, 0.3) is 0 Å². The third kappa shape index (κ3) is 7.71. The van der Waals surface area contributed by atoms with Crippen LogP contribution in [0, 0.1) is 0 Å². The summed E-state index contributed by atoms with van der Waals surface area (Å²) in [6, 6.07) is -0.508. The van der Waals surface area contributed by atoms with Crippen molar-refractivity contribution >= 4 is 12.0 Å². The summed E-state index contributed by atoms with van der Waals surface area (Å²) >= 11 is 0. The first-order valence-electron chi connectivity index (χ1n) is 4.49. The van der Waals surface area contributed by atoms with Gasteiger partial charge in [0.2, 0.25) is 0 Å². The quantitative estimate of drug-likeness (QED) is 0.402. The third-order valence-electron chi connectivity index (χ3n) is 1.55. The summed E-state index contributed by atoms with van der Waals surface area (Å²) in [5.41, 5.74) is 0. The van der Waals surface area contributed by atoms with E-state index in [9.17, 15) is 9.59 Å². The molecule has 0 unspecified atom stereocenters. The van der Waals surface area contributed by atoms with Crippen molar-refractivity contribution in [3.8, 4) is 0 Å². The van der Waals surface area contributed by atoms with Crippen LogP contribution < -0.4 is 10.6 Å². The molecule has 0 aliphatic heterocycles. The van der Waals surface area contributed by atoms with E-state index in [0.29, 0.717) is 19.6 Å². The smallest absolute Gasteiger partial charge is 0.334 e. The Morgan fingerprint density at radius 1 is 1.40 bits per heavy atom. The fourth-order valence-corrected chi connectivity index (χ4v) is 0.758. The molecule has 0 heterocycles. The Labute approximate surface area is 87.4 Å². The summed E-state index contributed by atoms with van der Waals surface area (Å²) in [6.45, 7) is 0.659. The highest BCUT2D eigenvalue weighted by Gasteiger charge is 2.13. The molecular weight excluding hydrogens is 204 g/mol. The molecule has 0 aliphatic carbocycles. The van der Waals surface area contributed by atoms with Crippen molar-refractivity contribution in [3.05, 3.63) is 0 Å². The molecule has 7 nitrogen and oxygen atoms in total. The molecule has 0 saturated carbocycles. The topological polar surface area (TPSA) is 108 Å². The van der Waals surface area contributed by atoms with E-state index in [0.717, 1.165) is 0 Å². The third-order valence-corrected chi connectivity index (χ3v) is 1.55. The van der Waals surface area contributed by atoms with Gasteiger partial charge in [0.15, 0.2) is 6.10 Å².